The highest BCUT2D eigenvalue weighted by molar-refractivity contribution is 5.76. The number of fused-ring (bicyclic) bond motifs is 1. The maximum absolute atomic E-state index is 12.9. The molecule has 0 aliphatic rings. The summed E-state index contributed by atoms with van der Waals surface area (Å²) < 4.78 is 2.68. The molecule has 6 nitrogen and oxygen atoms in total. The number of pyridine rings is 1. The van der Waals surface area contributed by atoms with Gasteiger partial charge in [0.1, 0.15) is 6.54 Å². The number of amides is 1. The van der Waals surface area contributed by atoms with Crippen molar-refractivity contribution in [2.24, 2.45) is 0 Å². The van der Waals surface area contributed by atoms with Gasteiger partial charge in [-0.2, -0.15) is 0 Å². The summed E-state index contributed by atoms with van der Waals surface area (Å²) in [6.45, 7) is 4.54. The van der Waals surface area contributed by atoms with Crippen LogP contribution in [0.5, 0.6) is 0 Å². The summed E-state index contributed by atoms with van der Waals surface area (Å²) in [5.74, 6) is -0.108. The Labute approximate surface area is 146 Å². The Morgan fingerprint density at radius 2 is 1.88 bits per heavy atom. The number of benzene rings is 1. The molecule has 3 aromatic rings. The fourth-order valence-electron chi connectivity index (χ4n) is 2.78. The van der Waals surface area contributed by atoms with Gasteiger partial charge in [-0.1, -0.05) is 43.3 Å². The van der Waals surface area contributed by atoms with Gasteiger partial charge < -0.3 is 4.90 Å². The Balaban J connectivity index is 1.84. The highest BCUT2D eigenvalue weighted by Gasteiger charge is 2.21. The number of aromatic nitrogens is 3. The van der Waals surface area contributed by atoms with Crippen LogP contribution in [-0.2, 0) is 17.9 Å². The minimum Gasteiger partial charge on any atom is -0.334 e. The third kappa shape index (κ3) is 3.63. The molecule has 0 aliphatic carbocycles. The van der Waals surface area contributed by atoms with Crippen LogP contribution in [0.1, 0.15) is 25.8 Å². The fourth-order valence-corrected chi connectivity index (χ4v) is 2.78. The maximum Gasteiger partial charge on any atom is 0.350 e. The average Bonchev–Trinajstić information content (AvgIpc) is 2.96. The van der Waals surface area contributed by atoms with Crippen LogP contribution in [0.3, 0.4) is 0 Å². The van der Waals surface area contributed by atoms with Gasteiger partial charge in [0.15, 0.2) is 5.65 Å². The third-order valence-corrected chi connectivity index (χ3v) is 4.41. The molecule has 0 saturated heterocycles. The second-order valence-electron chi connectivity index (χ2n) is 6.13. The monoisotopic (exact) mass is 338 g/mol. The number of hydrogen-bond acceptors (Lipinski definition) is 3. The Bertz CT molecular complexity index is 914. The lowest BCUT2D eigenvalue weighted by molar-refractivity contribution is -0.134. The molecule has 1 atom stereocenters. The highest BCUT2D eigenvalue weighted by Crippen LogP contribution is 2.11. The Morgan fingerprint density at radius 3 is 2.56 bits per heavy atom. The van der Waals surface area contributed by atoms with Crippen molar-refractivity contribution in [1.82, 2.24) is 19.1 Å². The minimum atomic E-state index is -0.298. The Morgan fingerprint density at radius 1 is 1.16 bits per heavy atom. The van der Waals surface area contributed by atoms with E-state index in [1.807, 2.05) is 55.1 Å². The molecular formula is C19H22N4O2. The van der Waals surface area contributed by atoms with Gasteiger partial charge in [0.25, 0.3) is 0 Å². The van der Waals surface area contributed by atoms with E-state index >= 15 is 0 Å². The lowest BCUT2D eigenvalue weighted by Gasteiger charge is -2.28. The van der Waals surface area contributed by atoms with E-state index in [1.54, 1.807) is 18.3 Å². The molecule has 0 saturated carbocycles. The zero-order valence-electron chi connectivity index (χ0n) is 14.5. The largest absolute Gasteiger partial charge is 0.350 e. The van der Waals surface area contributed by atoms with E-state index in [1.165, 1.54) is 9.08 Å². The topological polar surface area (TPSA) is 59.6 Å². The molecule has 2 aromatic heterocycles. The predicted octanol–water partition coefficient (Wildman–Crippen LogP) is 2.32. The van der Waals surface area contributed by atoms with Gasteiger partial charge >= 0.3 is 5.69 Å². The molecule has 1 unspecified atom stereocenters. The van der Waals surface area contributed by atoms with Gasteiger partial charge in [-0.3, -0.25) is 9.20 Å². The number of carbonyl (C=O) groups is 1. The fraction of sp³-hybridized carbons (Fsp3) is 0.316. The quantitative estimate of drug-likeness (QED) is 0.693. The molecule has 1 amide bonds. The maximum atomic E-state index is 12.9. The van der Waals surface area contributed by atoms with Gasteiger partial charge in [-0.25, -0.2) is 9.48 Å². The molecule has 130 valence electrons. The summed E-state index contributed by atoms with van der Waals surface area (Å²) in [7, 11) is 0. The summed E-state index contributed by atoms with van der Waals surface area (Å²) in [5, 5.41) is 4.25. The molecule has 0 bridgehead atoms. The first-order valence-electron chi connectivity index (χ1n) is 8.47. The van der Waals surface area contributed by atoms with Gasteiger partial charge in [-0.05, 0) is 31.0 Å². The van der Waals surface area contributed by atoms with E-state index < -0.39 is 0 Å². The molecule has 0 fully saturated rings. The van der Waals surface area contributed by atoms with E-state index in [9.17, 15) is 9.59 Å². The second kappa shape index (κ2) is 7.34. The van der Waals surface area contributed by atoms with Crippen molar-refractivity contribution in [3.63, 3.8) is 0 Å². The first-order valence-corrected chi connectivity index (χ1v) is 8.47. The van der Waals surface area contributed by atoms with Gasteiger partial charge in [-0.15, -0.1) is 5.10 Å². The lowest BCUT2D eigenvalue weighted by Crippen LogP contribution is -2.41. The molecular weight excluding hydrogens is 316 g/mol. The first-order chi connectivity index (χ1) is 12.1. The first kappa shape index (κ1) is 17.0. The second-order valence-corrected chi connectivity index (χ2v) is 6.13. The van der Waals surface area contributed by atoms with Crippen LogP contribution in [0, 0.1) is 0 Å². The number of rotatable bonds is 6. The number of hydrogen-bond donors (Lipinski definition) is 0. The molecule has 25 heavy (non-hydrogen) atoms. The summed E-state index contributed by atoms with van der Waals surface area (Å²) in [6, 6.07) is 15.3. The lowest BCUT2D eigenvalue weighted by atomic mass is 10.1. The van der Waals surface area contributed by atoms with E-state index in [0.717, 1.165) is 12.0 Å². The molecule has 1 aromatic carbocycles. The standard InChI is InChI=1S/C19H22N4O2/c1-3-15(2)22(13-16-9-5-4-6-10-16)18(24)14-23-19(25)21-12-8-7-11-17(21)20-23/h4-12,15H,3,13-14H2,1-2H3. The van der Waals surface area contributed by atoms with Crippen molar-refractivity contribution in [3.05, 3.63) is 70.8 Å². The van der Waals surface area contributed by atoms with E-state index in [4.69, 9.17) is 0 Å². The van der Waals surface area contributed by atoms with E-state index in [2.05, 4.69) is 5.10 Å². The van der Waals surface area contributed by atoms with Crippen LogP contribution < -0.4 is 5.69 Å². The van der Waals surface area contributed by atoms with Crippen molar-refractivity contribution in [1.29, 1.82) is 0 Å². The van der Waals surface area contributed by atoms with Crippen molar-refractivity contribution < 1.29 is 4.79 Å². The third-order valence-electron chi connectivity index (χ3n) is 4.41. The molecule has 2 heterocycles. The van der Waals surface area contributed by atoms with Crippen molar-refractivity contribution in [3.8, 4) is 0 Å². The number of carbonyl (C=O) groups excluding carboxylic acids is 1. The summed E-state index contributed by atoms with van der Waals surface area (Å²) >= 11 is 0. The predicted molar refractivity (Wildman–Crippen MR) is 96.2 cm³/mol. The molecule has 0 radical (unpaired) electrons. The van der Waals surface area contributed by atoms with Crippen LogP contribution >= 0.6 is 0 Å². The van der Waals surface area contributed by atoms with Crippen LogP contribution in [0.25, 0.3) is 5.65 Å². The molecule has 0 N–H and O–H groups in total. The normalized spacial score (nSPS) is 12.2. The van der Waals surface area contributed by atoms with Crippen LogP contribution in [0.4, 0.5) is 0 Å². The van der Waals surface area contributed by atoms with Crippen LogP contribution in [0.15, 0.2) is 59.5 Å². The van der Waals surface area contributed by atoms with Crippen molar-refractivity contribution >= 4 is 11.6 Å². The molecule has 0 aliphatic heterocycles. The minimum absolute atomic E-state index is 0.0579. The van der Waals surface area contributed by atoms with E-state index in [0.29, 0.717) is 12.2 Å². The Hall–Kier alpha value is -2.89. The summed E-state index contributed by atoms with van der Waals surface area (Å²) in [6.07, 6.45) is 2.50. The molecule has 0 spiro atoms. The zero-order chi connectivity index (χ0) is 17.8. The van der Waals surface area contributed by atoms with Gasteiger partial charge in [0.05, 0.1) is 0 Å². The molecule has 3 rings (SSSR count). The summed E-state index contributed by atoms with van der Waals surface area (Å²) in [4.78, 5) is 27.1. The molecule has 6 heteroatoms. The van der Waals surface area contributed by atoms with Gasteiger partial charge in [0.2, 0.25) is 5.91 Å². The smallest absolute Gasteiger partial charge is 0.334 e. The van der Waals surface area contributed by atoms with Crippen LogP contribution in [0.2, 0.25) is 0 Å². The van der Waals surface area contributed by atoms with E-state index in [-0.39, 0.29) is 24.2 Å². The SMILES string of the molecule is CCC(C)N(Cc1ccccc1)C(=O)Cn1nc2ccccn2c1=O. The van der Waals surface area contributed by atoms with Crippen molar-refractivity contribution in [2.45, 2.75) is 39.4 Å². The Kier molecular flexibility index (Phi) is 4.97. The highest BCUT2D eigenvalue weighted by atomic mass is 16.2. The van der Waals surface area contributed by atoms with Crippen molar-refractivity contribution in [2.75, 3.05) is 0 Å². The average molecular weight is 338 g/mol. The van der Waals surface area contributed by atoms with Crippen LogP contribution in [-0.4, -0.2) is 31.0 Å². The zero-order valence-corrected chi connectivity index (χ0v) is 14.5. The number of nitrogens with zero attached hydrogens (tertiary/aromatic N) is 4. The summed E-state index contributed by atoms with van der Waals surface area (Å²) in [5.41, 5.74) is 1.31. The van der Waals surface area contributed by atoms with Gasteiger partial charge in [0, 0.05) is 18.8 Å².